The third-order valence-electron chi connectivity index (χ3n) is 4.68. The zero-order chi connectivity index (χ0) is 21.0. The molecule has 1 atom stereocenters. The highest BCUT2D eigenvalue weighted by Gasteiger charge is 2.28. The van der Waals surface area contributed by atoms with Crippen LogP contribution in [0.2, 0.25) is 0 Å². The van der Waals surface area contributed by atoms with Crippen molar-refractivity contribution in [2.24, 2.45) is 5.10 Å². The normalized spacial score (nSPS) is 16.3. The molecule has 2 aromatic rings. The summed E-state index contributed by atoms with van der Waals surface area (Å²) in [5.74, 6) is 0.542. The van der Waals surface area contributed by atoms with Gasteiger partial charge in [0.25, 0.3) is 15.9 Å². The maximum absolute atomic E-state index is 12.6. The summed E-state index contributed by atoms with van der Waals surface area (Å²) < 4.78 is 35.8. The van der Waals surface area contributed by atoms with Gasteiger partial charge in [-0.2, -0.15) is 18.4 Å². The number of hydrogen-bond acceptors (Lipinski definition) is 6. The van der Waals surface area contributed by atoms with Gasteiger partial charge in [0.2, 0.25) is 0 Å². The van der Waals surface area contributed by atoms with Crippen molar-refractivity contribution >= 4 is 21.6 Å². The summed E-state index contributed by atoms with van der Waals surface area (Å²) in [4.78, 5) is 15.0. The number of amides is 1. The molecule has 29 heavy (non-hydrogen) atoms. The Hall–Kier alpha value is -2.65. The Bertz CT molecular complexity index is 1010. The van der Waals surface area contributed by atoms with Gasteiger partial charge in [-0.05, 0) is 38.8 Å². The molecule has 0 fully saturated rings. The lowest BCUT2D eigenvalue weighted by molar-refractivity contribution is 0.0875. The van der Waals surface area contributed by atoms with Crippen molar-refractivity contribution in [1.29, 1.82) is 0 Å². The van der Waals surface area contributed by atoms with Crippen LogP contribution in [-0.4, -0.2) is 39.8 Å². The van der Waals surface area contributed by atoms with Crippen LogP contribution in [0.4, 0.5) is 0 Å². The highest BCUT2D eigenvalue weighted by atomic mass is 32.2. The van der Waals surface area contributed by atoms with Crippen LogP contribution in [0.25, 0.3) is 0 Å². The fourth-order valence-electron chi connectivity index (χ4n) is 3.35. The number of nitrogens with one attached hydrogen (secondary N) is 2. The van der Waals surface area contributed by atoms with Crippen LogP contribution in [0.1, 0.15) is 47.2 Å². The molecule has 8 nitrogen and oxygen atoms in total. The Morgan fingerprint density at radius 2 is 2.00 bits per heavy atom. The van der Waals surface area contributed by atoms with Crippen molar-refractivity contribution in [2.75, 3.05) is 13.7 Å². The van der Waals surface area contributed by atoms with Crippen LogP contribution in [0.5, 0.6) is 0 Å². The molecule has 0 saturated heterocycles. The van der Waals surface area contributed by atoms with Crippen molar-refractivity contribution < 1.29 is 22.4 Å². The zero-order valence-corrected chi connectivity index (χ0v) is 17.5. The molecule has 156 valence electrons. The number of aryl methyl sites for hydroxylation is 1. The quantitative estimate of drug-likeness (QED) is 0.670. The molecule has 1 aliphatic rings. The summed E-state index contributed by atoms with van der Waals surface area (Å²) in [6.07, 6.45) is 2.01. The topological polar surface area (TPSA) is 110 Å². The number of benzene rings is 1. The molecular formula is C20H25N3O5S. The van der Waals surface area contributed by atoms with Crippen molar-refractivity contribution in [3.8, 4) is 0 Å². The summed E-state index contributed by atoms with van der Waals surface area (Å²) in [5, 5.41) is 6.99. The molecule has 9 heteroatoms. The fourth-order valence-corrected chi connectivity index (χ4v) is 4.20. The number of sulfonamides is 1. The summed E-state index contributed by atoms with van der Waals surface area (Å²) in [6.45, 7) is 4.01. The van der Waals surface area contributed by atoms with Gasteiger partial charge in [0.1, 0.15) is 5.76 Å². The molecule has 1 aromatic carbocycles. The van der Waals surface area contributed by atoms with E-state index in [0.29, 0.717) is 42.0 Å². The number of carbonyl (C=O) groups is 1. The largest absolute Gasteiger partial charge is 0.455 e. The van der Waals surface area contributed by atoms with Gasteiger partial charge in [0, 0.05) is 30.7 Å². The number of furan rings is 1. The number of carbonyl (C=O) groups excluding carboxylic acids is 1. The average molecular weight is 420 g/mol. The van der Waals surface area contributed by atoms with E-state index in [9.17, 15) is 13.2 Å². The number of methoxy groups -OCH3 is 1. The summed E-state index contributed by atoms with van der Waals surface area (Å²) in [6, 6.07) is 7.88. The summed E-state index contributed by atoms with van der Waals surface area (Å²) in [7, 11) is -2.20. The van der Waals surface area contributed by atoms with Gasteiger partial charge in [-0.1, -0.05) is 18.2 Å². The predicted molar refractivity (Wildman–Crippen MR) is 108 cm³/mol. The monoisotopic (exact) mass is 419 g/mol. The van der Waals surface area contributed by atoms with Crippen molar-refractivity contribution in [1.82, 2.24) is 10.1 Å². The van der Waals surface area contributed by atoms with Crippen LogP contribution in [-0.2, 0) is 21.2 Å². The Morgan fingerprint density at radius 1 is 1.28 bits per heavy atom. The fraction of sp³-hybridized carbons (Fsp3) is 0.400. The molecule has 0 spiro atoms. The van der Waals surface area contributed by atoms with Crippen molar-refractivity contribution in [3.63, 3.8) is 0 Å². The van der Waals surface area contributed by atoms with E-state index < -0.39 is 10.0 Å². The third-order valence-corrected chi connectivity index (χ3v) is 5.90. The SMILES string of the molecule is COCC(C)NC(=O)c1oc2c(c1C)/C(=N/NS(=O)(=O)c1ccccc1)CCC2. The first-order valence-corrected chi connectivity index (χ1v) is 10.9. The number of hydrazone groups is 1. The molecule has 1 heterocycles. The van der Waals surface area contributed by atoms with Crippen LogP contribution in [0.3, 0.4) is 0 Å². The molecular weight excluding hydrogens is 394 g/mol. The van der Waals surface area contributed by atoms with Gasteiger partial charge in [-0.25, -0.2) is 0 Å². The zero-order valence-electron chi connectivity index (χ0n) is 16.7. The maximum atomic E-state index is 12.6. The van der Waals surface area contributed by atoms with E-state index >= 15 is 0 Å². The van der Waals surface area contributed by atoms with Crippen LogP contribution in [0, 0.1) is 6.92 Å². The second-order valence-corrected chi connectivity index (χ2v) is 8.66. The maximum Gasteiger partial charge on any atom is 0.287 e. The third kappa shape index (κ3) is 4.68. The summed E-state index contributed by atoms with van der Waals surface area (Å²) >= 11 is 0. The molecule has 0 radical (unpaired) electrons. The second kappa shape index (κ2) is 8.79. The van der Waals surface area contributed by atoms with Gasteiger partial charge in [-0.3, -0.25) is 4.79 Å². The lowest BCUT2D eigenvalue weighted by Gasteiger charge is -2.14. The van der Waals surface area contributed by atoms with E-state index in [0.717, 1.165) is 6.42 Å². The van der Waals surface area contributed by atoms with Gasteiger partial charge < -0.3 is 14.5 Å². The second-order valence-electron chi connectivity index (χ2n) is 7.00. The van der Waals surface area contributed by atoms with E-state index in [2.05, 4.69) is 15.2 Å². The lowest BCUT2D eigenvalue weighted by Crippen LogP contribution is -2.35. The minimum absolute atomic E-state index is 0.136. The van der Waals surface area contributed by atoms with Crippen LogP contribution >= 0.6 is 0 Å². The molecule has 3 rings (SSSR count). The first kappa shape index (κ1) is 21.1. The van der Waals surface area contributed by atoms with Crippen LogP contribution < -0.4 is 10.1 Å². The number of hydrogen-bond donors (Lipinski definition) is 2. The molecule has 1 aromatic heterocycles. The predicted octanol–water partition coefficient (Wildman–Crippen LogP) is 2.37. The first-order chi connectivity index (χ1) is 13.8. The molecule has 0 bridgehead atoms. The molecule has 2 N–H and O–H groups in total. The number of rotatable bonds is 7. The van der Waals surface area contributed by atoms with Gasteiger partial charge in [-0.15, -0.1) is 0 Å². The lowest BCUT2D eigenvalue weighted by atomic mass is 9.93. The highest BCUT2D eigenvalue weighted by molar-refractivity contribution is 7.89. The number of nitrogens with zero attached hydrogens (tertiary/aromatic N) is 1. The van der Waals surface area contributed by atoms with Crippen molar-refractivity contribution in [2.45, 2.75) is 44.0 Å². The average Bonchev–Trinajstić information content (AvgIpc) is 3.05. The molecule has 0 aliphatic heterocycles. The van der Waals surface area contributed by atoms with Gasteiger partial charge in [0.05, 0.1) is 17.2 Å². The van der Waals surface area contributed by atoms with E-state index in [1.807, 2.05) is 6.92 Å². The van der Waals surface area contributed by atoms with Crippen LogP contribution in [0.15, 0.2) is 44.7 Å². The minimum Gasteiger partial charge on any atom is -0.455 e. The van der Waals surface area contributed by atoms with Gasteiger partial charge >= 0.3 is 0 Å². The van der Waals surface area contributed by atoms with E-state index in [-0.39, 0.29) is 22.6 Å². The Morgan fingerprint density at radius 3 is 2.69 bits per heavy atom. The van der Waals surface area contributed by atoms with E-state index in [1.165, 1.54) is 12.1 Å². The molecule has 0 saturated carbocycles. The summed E-state index contributed by atoms with van der Waals surface area (Å²) in [5.41, 5.74) is 1.92. The molecule has 1 unspecified atom stereocenters. The van der Waals surface area contributed by atoms with Crippen molar-refractivity contribution in [3.05, 3.63) is 53.0 Å². The highest BCUT2D eigenvalue weighted by Crippen LogP contribution is 2.30. The number of fused-ring (bicyclic) bond motifs is 1. The first-order valence-electron chi connectivity index (χ1n) is 9.39. The van der Waals surface area contributed by atoms with E-state index in [4.69, 9.17) is 9.15 Å². The smallest absolute Gasteiger partial charge is 0.287 e. The number of ether oxygens (including phenoxy) is 1. The Labute approximate surface area is 170 Å². The standard InChI is InChI=1S/C20H25N3O5S/c1-13(12-27-3)21-20(24)19-14(2)18-16(10-7-11-17(18)28-19)22-23-29(25,26)15-8-5-4-6-9-15/h4-6,8-9,13,23H,7,10-12H2,1-3H3,(H,21,24)/b22-16+. The van der Waals surface area contributed by atoms with Gasteiger partial charge in [0.15, 0.2) is 5.76 Å². The minimum atomic E-state index is -3.77. The molecule has 1 aliphatic carbocycles. The Balaban J connectivity index is 1.86. The Kier molecular flexibility index (Phi) is 6.39. The van der Waals surface area contributed by atoms with E-state index in [1.54, 1.807) is 32.2 Å². The molecule has 1 amide bonds.